The lowest BCUT2D eigenvalue weighted by Gasteiger charge is -2.36. The van der Waals surface area contributed by atoms with Crippen molar-refractivity contribution in [2.24, 2.45) is 11.8 Å². The lowest BCUT2D eigenvalue weighted by atomic mass is 9.93. The maximum absolute atomic E-state index is 8.80. The van der Waals surface area contributed by atoms with Crippen molar-refractivity contribution in [3.8, 4) is 6.07 Å². The summed E-state index contributed by atoms with van der Waals surface area (Å²) in [4.78, 5) is 2.54. The Morgan fingerprint density at radius 2 is 1.93 bits per heavy atom. The molecule has 1 aliphatic rings. The van der Waals surface area contributed by atoms with Gasteiger partial charge in [-0.05, 0) is 38.8 Å². The summed E-state index contributed by atoms with van der Waals surface area (Å²) in [6.07, 6.45) is 3.38. The number of hydrogen-bond donors (Lipinski definition) is 0. The summed E-state index contributed by atoms with van der Waals surface area (Å²) in [6, 6.07) is 3.06. The molecule has 0 amide bonds. The van der Waals surface area contributed by atoms with Crippen molar-refractivity contribution in [1.29, 1.82) is 5.26 Å². The van der Waals surface area contributed by atoms with Gasteiger partial charge in [0.05, 0.1) is 6.07 Å². The summed E-state index contributed by atoms with van der Waals surface area (Å²) in [5.74, 6) is 1.09. The first-order chi connectivity index (χ1) is 6.69. The summed E-state index contributed by atoms with van der Waals surface area (Å²) >= 11 is 0. The number of piperidine rings is 1. The van der Waals surface area contributed by atoms with E-state index in [9.17, 15) is 0 Å². The van der Waals surface area contributed by atoms with Gasteiger partial charge in [-0.3, -0.25) is 0 Å². The number of hydrogen-bond acceptors (Lipinski definition) is 2. The van der Waals surface area contributed by atoms with Crippen molar-refractivity contribution in [1.82, 2.24) is 4.90 Å². The minimum Gasteiger partial charge on any atom is -0.300 e. The summed E-state index contributed by atoms with van der Waals surface area (Å²) in [7, 11) is 0. The van der Waals surface area contributed by atoms with E-state index in [1.54, 1.807) is 0 Å². The molecule has 2 unspecified atom stereocenters. The Labute approximate surface area is 87.9 Å². The van der Waals surface area contributed by atoms with Gasteiger partial charge < -0.3 is 4.90 Å². The molecule has 0 N–H and O–H groups in total. The third-order valence-electron chi connectivity index (χ3n) is 3.76. The number of nitrogens with zero attached hydrogens (tertiary/aromatic N) is 2. The van der Waals surface area contributed by atoms with Crippen LogP contribution in [0.3, 0.4) is 0 Å². The second kappa shape index (κ2) is 5.36. The fourth-order valence-electron chi connectivity index (χ4n) is 2.14. The van der Waals surface area contributed by atoms with E-state index in [1.807, 2.05) is 0 Å². The molecule has 0 spiro atoms. The molecule has 0 aliphatic carbocycles. The van der Waals surface area contributed by atoms with Crippen LogP contribution in [0, 0.1) is 23.2 Å². The van der Waals surface area contributed by atoms with Crippen molar-refractivity contribution in [2.45, 2.75) is 46.1 Å². The number of nitriles is 1. The molecule has 1 aliphatic heterocycles. The lowest BCUT2D eigenvalue weighted by molar-refractivity contribution is 0.120. The first-order valence-electron chi connectivity index (χ1n) is 5.82. The van der Waals surface area contributed by atoms with Crippen molar-refractivity contribution in [3.05, 3.63) is 0 Å². The second-order valence-electron chi connectivity index (χ2n) is 4.57. The van der Waals surface area contributed by atoms with Gasteiger partial charge in [0.2, 0.25) is 0 Å². The monoisotopic (exact) mass is 194 g/mol. The standard InChI is InChI=1S/C12H22N2/c1-4-10(2)11(3)14-7-5-12(9-13)6-8-14/h10-12H,4-8H2,1-3H3. The minimum atomic E-state index is 0.315. The van der Waals surface area contributed by atoms with Crippen molar-refractivity contribution in [2.75, 3.05) is 13.1 Å². The van der Waals surface area contributed by atoms with Crippen molar-refractivity contribution < 1.29 is 0 Å². The first-order valence-corrected chi connectivity index (χ1v) is 5.82. The van der Waals surface area contributed by atoms with Crippen molar-refractivity contribution >= 4 is 0 Å². The lowest BCUT2D eigenvalue weighted by Crippen LogP contribution is -2.42. The summed E-state index contributed by atoms with van der Waals surface area (Å²) in [6.45, 7) is 9.12. The van der Waals surface area contributed by atoms with Crippen LogP contribution in [0.15, 0.2) is 0 Å². The van der Waals surface area contributed by atoms with Crippen LogP contribution in [0.5, 0.6) is 0 Å². The molecule has 0 radical (unpaired) electrons. The fraction of sp³-hybridized carbons (Fsp3) is 0.917. The second-order valence-corrected chi connectivity index (χ2v) is 4.57. The Morgan fingerprint density at radius 3 is 2.36 bits per heavy atom. The van der Waals surface area contributed by atoms with Crippen LogP contribution >= 0.6 is 0 Å². The molecule has 0 bridgehead atoms. The normalized spacial score (nSPS) is 24.1. The van der Waals surface area contributed by atoms with Crippen LogP contribution in [-0.2, 0) is 0 Å². The van der Waals surface area contributed by atoms with E-state index in [1.165, 1.54) is 6.42 Å². The van der Waals surface area contributed by atoms with Crippen LogP contribution in [0.2, 0.25) is 0 Å². The van der Waals surface area contributed by atoms with E-state index in [2.05, 4.69) is 31.7 Å². The van der Waals surface area contributed by atoms with Gasteiger partial charge in [0.15, 0.2) is 0 Å². The highest BCUT2D eigenvalue weighted by Crippen LogP contribution is 2.22. The zero-order chi connectivity index (χ0) is 10.6. The van der Waals surface area contributed by atoms with E-state index in [0.29, 0.717) is 12.0 Å². The van der Waals surface area contributed by atoms with Gasteiger partial charge in [0, 0.05) is 12.0 Å². The fourth-order valence-corrected chi connectivity index (χ4v) is 2.14. The molecule has 0 aromatic rings. The Balaban J connectivity index is 2.38. The molecule has 0 aromatic heterocycles. The molecule has 0 aromatic carbocycles. The average Bonchev–Trinajstić information content (AvgIpc) is 2.27. The van der Waals surface area contributed by atoms with Crippen LogP contribution in [0.4, 0.5) is 0 Å². The van der Waals surface area contributed by atoms with E-state index in [-0.39, 0.29) is 0 Å². The molecule has 2 atom stereocenters. The van der Waals surface area contributed by atoms with Crippen LogP contribution in [0.1, 0.15) is 40.0 Å². The van der Waals surface area contributed by atoms with E-state index >= 15 is 0 Å². The van der Waals surface area contributed by atoms with E-state index < -0.39 is 0 Å². The number of likely N-dealkylation sites (tertiary alicyclic amines) is 1. The first kappa shape index (κ1) is 11.5. The highest BCUT2D eigenvalue weighted by atomic mass is 15.2. The Morgan fingerprint density at radius 1 is 1.36 bits per heavy atom. The summed E-state index contributed by atoms with van der Waals surface area (Å²) in [5, 5.41) is 8.80. The quantitative estimate of drug-likeness (QED) is 0.690. The zero-order valence-electron chi connectivity index (χ0n) is 9.66. The molecule has 1 saturated heterocycles. The smallest absolute Gasteiger partial charge is 0.0656 e. The summed E-state index contributed by atoms with van der Waals surface area (Å²) < 4.78 is 0. The van der Waals surface area contributed by atoms with Gasteiger partial charge in [-0.2, -0.15) is 5.26 Å². The largest absolute Gasteiger partial charge is 0.300 e. The van der Waals surface area contributed by atoms with Gasteiger partial charge >= 0.3 is 0 Å². The highest BCUT2D eigenvalue weighted by Gasteiger charge is 2.24. The Kier molecular flexibility index (Phi) is 4.41. The van der Waals surface area contributed by atoms with Gasteiger partial charge in [0.25, 0.3) is 0 Å². The minimum absolute atomic E-state index is 0.315. The van der Waals surface area contributed by atoms with Crippen LogP contribution in [0.25, 0.3) is 0 Å². The molecule has 2 nitrogen and oxygen atoms in total. The topological polar surface area (TPSA) is 27.0 Å². The molecule has 1 fully saturated rings. The molecule has 0 saturated carbocycles. The molecular formula is C12H22N2. The highest BCUT2D eigenvalue weighted by molar-refractivity contribution is 4.88. The summed E-state index contributed by atoms with van der Waals surface area (Å²) in [5.41, 5.74) is 0. The zero-order valence-corrected chi connectivity index (χ0v) is 9.66. The van der Waals surface area contributed by atoms with Crippen LogP contribution in [-0.4, -0.2) is 24.0 Å². The predicted octanol–water partition coefficient (Wildman–Crippen LogP) is 2.66. The van der Waals surface area contributed by atoms with Gasteiger partial charge in [-0.1, -0.05) is 20.3 Å². The molecule has 1 rings (SSSR count). The van der Waals surface area contributed by atoms with Crippen LogP contribution < -0.4 is 0 Å². The SMILES string of the molecule is CCC(C)C(C)N1CCC(C#N)CC1. The third-order valence-corrected chi connectivity index (χ3v) is 3.76. The maximum atomic E-state index is 8.80. The predicted molar refractivity (Wildman–Crippen MR) is 58.8 cm³/mol. The third kappa shape index (κ3) is 2.72. The van der Waals surface area contributed by atoms with E-state index in [0.717, 1.165) is 31.8 Å². The Hall–Kier alpha value is -0.550. The van der Waals surface area contributed by atoms with Gasteiger partial charge in [0.1, 0.15) is 0 Å². The van der Waals surface area contributed by atoms with Crippen molar-refractivity contribution in [3.63, 3.8) is 0 Å². The number of rotatable bonds is 3. The molecule has 80 valence electrons. The maximum Gasteiger partial charge on any atom is 0.0656 e. The molecule has 1 heterocycles. The van der Waals surface area contributed by atoms with Gasteiger partial charge in [-0.15, -0.1) is 0 Å². The average molecular weight is 194 g/mol. The molecular weight excluding hydrogens is 172 g/mol. The Bertz CT molecular complexity index is 199. The molecule has 14 heavy (non-hydrogen) atoms. The van der Waals surface area contributed by atoms with E-state index in [4.69, 9.17) is 5.26 Å². The molecule has 2 heteroatoms. The van der Waals surface area contributed by atoms with Gasteiger partial charge in [-0.25, -0.2) is 0 Å².